The van der Waals surface area contributed by atoms with Gasteiger partial charge in [0.25, 0.3) is 0 Å². The third kappa shape index (κ3) is 2.88. The minimum Gasteiger partial charge on any atom is -0.494 e. The topological polar surface area (TPSA) is 50.8 Å². The van der Waals surface area contributed by atoms with Crippen LogP contribution in [0.2, 0.25) is 0 Å². The summed E-state index contributed by atoms with van der Waals surface area (Å²) in [7, 11) is 1.81. The predicted octanol–water partition coefficient (Wildman–Crippen LogP) is 1.81. The molecule has 0 bridgehead atoms. The summed E-state index contributed by atoms with van der Waals surface area (Å²) >= 11 is 0. The highest BCUT2D eigenvalue weighted by Crippen LogP contribution is 2.35. The third-order valence-electron chi connectivity index (χ3n) is 3.39. The first-order valence-electron chi connectivity index (χ1n) is 7.09. The first kappa shape index (κ1) is 14.7. The zero-order chi connectivity index (χ0) is 14.5. The number of hydrogen-bond donors (Lipinski definition) is 1. The highest BCUT2D eigenvalue weighted by molar-refractivity contribution is 6.00. The zero-order valence-electron chi connectivity index (χ0n) is 12.3. The van der Waals surface area contributed by atoms with Gasteiger partial charge in [-0.25, -0.2) is 0 Å². The molecule has 2 rings (SSSR count). The Hall–Kier alpha value is -1.75. The molecule has 110 valence electrons. The number of hydrogen-bond acceptors (Lipinski definition) is 4. The van der Waals surface area contributed by atoms with E-state index >= 15 is 0 Å². The van der Waals surface area contributed by atoms with Gasteiger partial charge < -0.3 is 19.7 Å². The molecule has 0 spiro atoms. The predicted molar refractivity (Wildman–Crippen MR) is 78.6 cm³/mol. The summed E-state index contributed by atoms with van der Waals surface area (Å²) in [5, 5.41) is 3.04. The Morgan fingerprint density at radius 2 is 2.05 bits per heavy atom. The molecule has 1 fully saturated rings. The summed E-state index contributed by atoms with van der Waals surface area (Å²) in [6.07, 6.45) is 0.805. The lowest BCUT2D eigenvalue weighted by molar-refractivity contribution is -0.118. The molecule has 1 aromatic carbocycles. The minimum atomic E-state index is -0.111. The van der Waals surface area contributed by atoms with Gasteiger partial charge in [0.2, 0.25) is 5.91 Å². The molecule has 5 heteroatoms. The maximum Gasteiger partial charge on any atom is 0.244 e. The van der Waals surface area contributed by atoms with Crippen molar-refractivity contribution in [1.82, 2.24) is 5.32 Å². The van der Waals surface area contributed by atoms with E-state index in [-0.39, 0.29) is 11.9 Å². The van der Waals surface area contributed by atoms with Gasteiger partial charge in [0.1, 0.15) is 11.5 Å². The first-order valence-corrected chi connectivity index (χ1v) is 7.09. The van der Waals surface area contributed by atoms with Gasteiger partial charge in [0.15, 0.2) is 0 Å². The average Bonchev–Trinajstić information content (AvgIpc) is 2.82. The van der Waals surface area contributed by atoms with Crippen LogP contribution in [0.15, 0.2) is 18.2 Å². The summed E-state index contributed by atoms with van der Waals surface area (Å²) in [5.41, 5.74) is 0.792. The van der Waals surface area contributed by atoms with Crippen molar-refractivity contribution in [3.63, 3.8) is 0 Å². The van der Waals surface area contributed by atoms with Crippen molar-refractivity contribution in [3.8, 4) is 11.5 Å². The summed E-state index contributed by atoms with van der Waals surface area (Å²) < 4.78 is 11.1. The summed E-state index contributed by atoms with van der Waals surface area (Å²) in [5.74, 6) is 1.56. The molecule has 5 nitrogen and oxygen atoms in total. The molecule has 1 N–H and O–H groups in total. The van der Waals surface area contributed by atoms with E-state index in [4.69, 9.17) is 9.47 Å². The van der Waals surface area contributed by atoms with Gasteiger partial charge in [-0.15, -0.1) is 0 Å². The average molecular weight is 278 g/mol. The number of nitrogens with one attached hydrogen (secondary N) is 1. The van der Waals surface area contributed by atoms with Crippen LogP contribution in [0, 0.1) is 0 Å². The largest absolute Gasteiger partial charge is 0.494 e. The van der Waals surface area contributed by atoms with Crippen LogP contribution in [0.5, 0.6) is 11.5 Å². The highest BCUT2D eigenvalue weighted by Gasteiger charge is 2.33. The Bertz CT molecular complexity index is 476. The van der Waals surface area contributed by atoms with Crippen LogP contribution in [0.1, 0.15) is 20.3 Å². The van der Waals surface area contributed by atoms with Crippen LogP contribution in [0.3, 0.4) is 0 Å². The Morgan fingerprint density at radius 1 is 1.30 bits per heavy atom. The van der Waals surface area contributed by atoms with Crippen LogP contribution >= 0.6 is 0 Å². The highest BCUT2D eigenvalue weighted by atomic mass is 16.5. The van der Waals surface area contributed by atoms with Crippen molar-refractivity contribution in [2.24, 2.45) is 0 Å². The summed E-state index contributed by atoms with van der Waals surface area (Å²) in [6, 6.07) is 5.50. The van der Waals surface area contributed by atoms with Crippen molar-refractivity contribution >= 4 is 11.6 Å². The van der Waals surface area contributed by atoms with Crippen molar-refractivity contribution < 1.29 is 14.3 Å². The molecule has 0 aliphatic carbocycles. The van der Waals surface area contributed by atoms with E-state index in [1.54, 1.807) is 4.90 Å². The fourth-order valence-electron chi connectivity index (χ4n) is 2.43. The van der Waals surface area contributed by atoms with E-state index in [2.05, 4.69) is 5.32 Å². The number of carbonyl (C=O) groups is 1. The molecule has 1 unspecified atom stereocenters. The molecule has 0 aromatic heterocycles. The number of benzene rings is 1. The van der Waals surface area contributed by atoms with Crippen LogP contribution in [-0.4, -0.2) is 38.8 Å². The lowest BCUT2D eigenvalue weighted by atomic mass is 10.2. The fraction of sp³-hybridized carbons (Fsp3) is 0.533. The van der Waals surface area contributed by atoms with Gasteiger partial charge in [-0.1, -0.05) is 0 Å². The van der Waals surface area contributed by atoms with Crippen LogP contribution in [0.4, 0.5) is 5.69 Å². The van der Waals surface area contributed by atoms with Gasteiger partial charge in [-0.2, -0.15) is 0 Å². The Labute approximate surface area is 119 Å². The molecule has 1 aromatic rings. The monoisotopic (exact) mass is 278 g/mol. The molecule has 1 aliphatic heterocycles. The van der Waals surface area contributed by atoms with E-state index < -0.39 is 0 Å². The number of ether oxygens (including phenoxy) is 2. The lowest BCUT2D eigenvalue weighted by Crippen LogP contribution is -2.36. The van der Waals surface area contributed by atoms with Gasteiger partial charge in [-0.3, -0.25) is 4.79 Å². The number of rotatable bonds is 6. The Morgan fingerprint density at radius 3 is 2.65 bits per heavy atom. The molecule has 1 saturated heterocycles. The van der Waals surface area contributed by atoms with Crippen molar-refractivity contribution in [2.45, 2.75) is 26.3 Å². The number of amides is 1. The molecule has 1 amide bonds. The van der Waals surface area contributed by atoms with Crippen LogP contribution < -0.4 is 19.7 Å². The van der Waals surface area contributed by atoms with Crippen LogP contribution in [-0.2, 0) is 4.79 Å². The van der Waals surface area contributed by atoms with Gasteiger partial charge in [0.05, 0.1) is 24.9 Å². The van der Waals surface area contributed by atoms with Crippen LogP contribution in [0.25, 0.3) is 0 Å². The number of likely N-dealkylation sites (N-methyl/N-ethyl adjacent to an activating group) is 1. The molecule has 0 saturated carbocycles. The second-order valence-electron chi connectivity index (χ2n) is 4.62. The molecule has 1 aliphatic rings. The van der Waals surface area contributed by atoms with Gasteiger partial charge >= 0.3 is 0 Å². The Kier molecular flexibility index (Phi) is 4.84. The standard InChI is InChI=1S/C15H22N2O3/c1-4-19-11-6-7-14(20-5-2)13(10-11)17-9-8-12(16-3)15(17)18/h6-7,10,12,16H,4-5,8-9H2,1-3H3. The molecule has 20 heavy (non-hydrogen) atoms. The van der Waals surface area contributed by atoms with Crippen molar-refractivity contribution in [3.05, 3.63) is 18.2 Å². The van der Waals surface area contributed by atoms with Gasteiger partial charge in [0, 0.05) is 12.6 Å². The summed E-state index contributed by atoms with van der Waals surface area (Å²) in [6.45, 7) is 5.73. The van der Waals surface area contributed by atoms with Crippen molar-refractivity contribution in [1.29, 1.82) is 0 Å². The number of carbonyl (C=O) groups excluding carboxylic acids is 1. The van der Waals surface area contributed by atoms with E-state index in [1.165, 1.54) is 0 Å². The maximum atomic E-state index is 12.3. The molecule has 1 heterocycles. The smallest absolute Gasteiger partial charge is 0.244 e. The normalized spacial score (nSPS) is 18.4. The second-order valence-corrected chi connectivity index (χ2v) is 4.62. The lowest BCUT2D eigenvalue weighted by Gasteiger charge is -2.21. The maximum absolute atomic E-state index is 12.3. The molecule has 1 atom stereocenters. The minimum absolute atomic E-state index is 0.0853. The number of anilines is 1. The van der Waals surface area contributed by atoms with E-state index in [0.29, 0.717) is 19.8 Å². The quantitative estimate of drug-likeness (QED) is 0.862. The SMILES string of the molecule is CCOc1ccc(OCC)c(N2CCC(NC)C2=O)c1. The summed E-state index contributed by atoms with van der Waals surface area (Å²) in [4.78, 5) is 14.1. The van der Waals surface area contributed by atoms with E-state index in [0.717, 1.165) is 23.6 Å². The zero-order valence-corrected chi connectivity index (χ0v) is 12.3. The van der Waals surface area contributed by atoms with E-state index in [9.17, 15) is 4.79 Å². The van der Waals surface area contributed by atoms with Gasteiger partial charge in [-0.05, 0) is 39.4 Å². The fourth-order valence-corrected chi connectivity index (χ4v) is 2.43. The second kappa shape index (κ2) is 6.61. The number of nitrogens with zero attached hydrogens (tertiary/aromatic N) is 1. The third-order valence-corrected chi connectivity index (χ3v) is 3.39. The first-order chi connectivity index (χ1) is 9.71. The van der Waals surface area contributed by atoms with E-state index in [1.807, 2.05) is 39.1 Å². The molecular formula is C15H22N2O3. The molecule has 0 radical (unpaired) electrons. The molecular weight excluding hydrogens is 256 g/mol. The Balaban J connectivity index is 2.32. The van der Waals surface area contributed by atoms with Crippen molar-refractivity contribution in [2.75, 3.05) is 31.7 Å².